The van der Waals surface area contributed by atoms with Gasteiger partial charge in [0.15, 0.2) is 0 Å². The van der Waals surface area contributed by atoms with Crippen molar-refractivity contribution in [2.45, 2.75) is 52.3 Å². The lowest BCUT2D eigenvalue weighted by Gasteiger charge is -2.28. The summed E-state index contributed by atoms with van der Waals surface area (Å²) in [5.74, 6) is -1.80. The molecule has 21 heavy (non-hydrogen) atoms. The fourth-order valence-corrected chi connectivity index (χ4v) is 1.33. The number of carbonyl (C=O) groups is 3. The fourth-order valence-electron chi connectivity index (χ4n) is 1.33. The zero-order chi connectivity index (χ0) is 17.0. The second-order valence-corrected chi connectivity index (χ2v) is 5.89. The molecule has 0 aliphatic heterocycles. The highest BCUT2D eigenvalue weighted by atomic mass is 16.6. The van der Waals surface area contributed by atoms with E-state index in [4.69, 9.17) is 9.84 Å². The average Bonchev–Trinajstić information content (AvgIpc) is 2.30. The normalized spacial score (nSPS) is 13.8. The molecule has 0 heterocycles. The second-order valence-electron chi connectivity index (χ2n) is 5.89. The van der Waals surface area contributed by atoms with Crippen molar-refractivity contribution in [2.24, 2.45) is 0 Å². The van der Waals surface area contributed by atoms with E-state index in [-0.39, 0.29) is 0 Å². The van der Waals surface area contributed by atoms with Gasteiger partial charge in [-0.05, 0) is 40.2 Å². The van der Waals surface area contributed by atoms with Gasteiger partial charge in [0.05, 0.1) is 0 Å². The van der Waals surface area contributed by atoms with E-state index < -0.39 is 35.7 Å². The standard InChI is InChI=1S/C14H24N2O5/c1-8(2)10(12(18)19)15-11(17)9(3)16(7)13(20)21-14(4,5)6/h9-10H,1H2,2-7H3,(H,15,17)(H,18,19)/t9-,10?/m0/s1. The molecule has 0 aliphatic rings. The number of hydrogen-bond acceptors (Lipinski definition) is 4. The topological polar surface area (TPSA) is 95.9 Å². The summed E-state index contributed by atoms with van der Waals surface area (Å²) in [6.45, 7) is 11.6. The SMILES string of the molecule is C=C(C)C(NC(=O)[C@H](C)N(C)C(=O)OC(C)(C)C)C(=O)O. The van der Waals surface area contributed by atoms with Crippen molar-refractivity contribution in [1.82, 2.24) is 10.2 Å². The number of nitrogens with one attached hydrogen (secondary N) is 1. The molecule has 2 atom stereocenters. The number of amides is 2. The van der Waals surface area contributed by atoms with E-state index in [9.17, 15) is 14.4 Å². The van der Waals surface area contributed by atoms with Crippen molar-refractivity contribution in [2.75, 3.05) is 7.05 Å². The van der Waals surface area contributed by atoms with Gasteiger partial charge in [0.25, 0.3) is 0 Å². The molecule has 7 heteroatoms. The summed E-state index contributed by atoms with van der Waals surface area (Å²) in [4.78, 5) is 36.0. The van der Waals surface area contributed by atoms with Gasteiger partial charge < -0.3 is 15.2 Å². The minimum absolute atomic E-state index is 0.294. The van der Waals surface area contributed by atoms with Crippen molar-refractivity contribution < 1.29 is 24.2 Å². The third-order valence-electron chi connectivity index (χ3n) is 2.67. The van der Waals surface area contributed by atoms with Crippen LogP contribution in [0.1, 0.15) is 34.6 Å². The maximum absolute atomic E-state index is 12.0. The highest BCUT2D eigenvalue weighted by Gasteiger charge is 2.29. The lowest BCUT2D eigenvalue weighted by molar-refractivity contribution is -0.141. The van der Waals surface area contributed by atoms with Crippen molar-refractivity contribution in [1.29, 1.82) is 0 Å². The molecular formula is C14H24N2O5. The summed E-state index contributed by atoms with van der Waals surface area (Å²) in [7, 11) is 1.41. The van der Waals surface area contributed by atoms with Gasteiger partial charge in [-0.1, -0.05) is 6.58 Å². The van der Waals surface area contributed by atoms with Gasteiger partial charge in [-0.3, -0.25) is 9.69 Å². The number of carbonyl (C=O) groups excluding carboxylic acids is 2. The monoisotopic (exact) mass is 300 g/mol. The van der Waals surface area contributed by atoms with Gasteiger partial charge in [0.1, 0.15) is 17.7 Å². The van der Waals surface area contributed by atoms with Crippen LogP contribution in [0.3, 0.4) is 0 Å². The van der Waals surface area contributed by atoms with Crippen molar-refractivity contribution in [3.63, 3.8) is 0 Å². The molecule has 1 unspecified atom stereocenters. The summed E-state index contributed by atoms with van der Waals surface area (Å²) in [6, 6.07) is -2.06. The lowest BCUT2D eigenvalue weighted by Crippen LogP contribution is -2.51. The summed E-state index contributed by atoms with van der Waals surface area (Å²) >= 11 is 0. The van der Waals surface area contributed by atoms with E-state index in [1.165, 1.54) is 20.9 Å². The third kappa shape index (κ3) is 6.29. The Morgan fingerprint density at radius 2 is 1.76 bits per heavy atom. The maximum Gasteiger partial charge on any atom is 0.410 e. The molecule has 0 bridgehead atoms. The Kier molecular flexibility index (Phi) is 6.41. The van der Waals surface area contributed by atoms with Crippen LogP contribution in [0.5, 0.6) is 0 Å². The number of ether oxygens (including phenoxy) is 1. The number of carboxylic acid groups (broad SMARTS) is 1. The number of nitrogens with zero attached hydrogens (tertiary/aromatic N) is 1. The van der Waals surface area contributed by atoms with Crippen LogP contribution in [0.2, 0.25) is 0 Å². The highest BCUT2D eigenvalue weighted by molar-refractivity contribution is 5.90. The molecule has 7 nitrogen and oxygen atoms in total. The summed E-state index contributed by atoms with van der Waals surface area (Å²) in [5.41, 5.74) is -0.383. The van der Waals surface area contributed by atoms with Gasteiger partial charge in [0.2, 0.25) is 5.91 Å². The number of carboxylic acids is 1. The first-order chi connectivity index (χ1) is 9.36. The fraction of sp³-hybridized carbons (Fsp3) is 0.643. The molecule has 0 aromatic heterocycles. The minimum atomic E-state index is -1.21. The molecule has 0 saturated heterocycles. The van der Waals surface area contributed by atoms with Crippen LogP contribution in [0.15, 0.2) is 12.2 Å². The van der Waals surface area contributed by atoms with Crippen molar-refractivity contribution in [3.05, 3.63) is 12.2 Å². The molecule has 0 aliphatic carbocycles. The van der Waals surface area contributed by atoms with E-state index >= 15 is 0 Å². The number of rotatable bonds is 5. The zero-order valence-corrected chi connectivity index (χ0v) is 13.4. The van der Waals surface area contributed by atoms with Crippen molar-refractivity contribution in [3.8, 4) is 0 Å². The number of hydrogen-bond donors (Lipinski definition) is 2. The van der Waals surface area contributed by atoms with Gasteiger partial charge in [-0.15, -0.1) is 0 Å². The second kappa shape index (κ2) is 7.10. The van der Waals surface area contributed by atoms with E-state index in [0.29, 0.717) is 5.57 Å². The summed E-state index contributed by atoms with van der Waals surface area (Å²) < 4.78 is 5.14. The summed E-state index contributed by atoms with van der Waals surface area (Å²) in [6.07, 6.45) is -0.660. The Morgan fingerprint density at radius 3 is 2.10 bits per heavy atom. The van der Waals surface area contributed by atoms with Crippen LogP contribution in [0.25, 0.3) is 0 Å². The molecule has 120 valence electrons. The molecule has 0 spiro atoms. The van der Waals surface area contributed by atoms with Gasteiger partial charge in [0, 0.05) is 7.05 Å². The Morgan fingerprint density at radius 1 is 1.29 bits per heavy atom. The molecule has 0 saturated carbocycles. The van der Waals surface area contributed by atoms with Crippen LogP contribution in [-0.4, -0.2) is 52.7 Å². The Labute approximate surface area is 124 Å². The van der Waals surface area contributed by atoms with E-state index in [1.807, 2.05) is 0 Å². The Hall–Kier alpha value is -2.05. The molecule has 0 aromatic carbocycles. The first kappa shape index (κ1) is 18.9. The Bertz CT molecular complexity index is 425. The molecule has 0 rings (SSSR count). The third-order valence-corrected chi connectivity index (χ3v) is 2.67. The van der Waals surface area contributed by atoms with Crippen molar-refractivity contribution >= 4 is 18.0 Å². The molecule has 0 fully saturated rings. The predicted octanol–water partition coefficient (Wildman–Crippen LogP) is 1.39. The van der Waals surface area contributed by atoms with E-state index in [1.54, 1.807) is 20.8 Å². The van der Waals surface area contributed by atoms with Crippen LogP contribution >= 0.6 is 0 Å². The highest BCUT2D eigenvalue weighted by Crippen LogP contribution is 2.11. The lowest BCUT2D eigenvalue weighted by atomic mass is 10.1. The van der Waals surface area contributed by atoms with Gasteiger partial charge >= 0.3 is 12.1 Å². The first-order valence-corrected chi connectivity index (χ1v) is 6.51. The number of likely N-dealkylation sites (N-methyl/N-ethyl adjacent to an activating group) is 1. The average molecular weight is 300 g/mol. The molecule has 2 N–H and O–H groups in total. The molecule has 0 radical (unpaired) electrons. The molecule has 2 amide bonds. The van der Waals surface area contributed by atoms with Crippen LogP contribution in [0, 0.1) is 0 Å². The van der Waals surface area contributed by atoms with E-state index in [0.717, 1.165) is 4.90 Å². The van der Waals surface area contributed by atoms with Gasteiger partial charge in [-0.2, -0.15) is 0 Å². The minimum Gasteiger partial charge on any atom is -0.479 e. The van der Waals surface area contributed by atoms with Crippen LogP contribution in [-0.2, 0) is 14.3 Å². The largest absolute Gasteiger partial charge is 0.479 e. The van der Waals surface area contributed by atoms with Crippen LogP contribution < -0.4 is 5.32 Å². The number of aliphatic carboxylic acids is 1. The van der Waals surface area contributed by atoms with Crippen LogP contribution in [0.4, 0.5) is 4.79 Å². The smallest absolute Gasteiger partial charge is 0.410 e. The maximum atomic E-state index is 12.0. The Balaban J connectivity index is 4.80. The van der Waals surface area contributed by atoms with E-state index in [2.05, 4.69) is 11.9 Å². The first-order valence-electron chi connectivity index (χ1n) is 6.51. The zero-order valence-electron chi connectivity index (χ0n) is 13.4. The van der Waals surface area contributed by atoms with Gasteiger partial charge in [-0.25, -0.2) is 9.59 Å². The molecule has 0 aromatic rings. The summed E-state index contributed by atoms with van der Waals surface area (Å²) in [5, 5.41) is 11.3. The molecular weight excluding hydrogens is 276 g/mol. The predicted molar refractivity (Wildman–Crippen MR) is 77.8 cm³/mol. The quantitative estimate of drug-likeness (QED) is 0.748.